The van der Waals surface area contributed by atoms with Gasteiger partial charge in [-0.1, -0.05) is 6.07 Å². The van der Waals surface area contributed by atoms with Crippen molar-refractivity contribution < 1.29 is 23.8 Å². The molecule has 2 aliphatic rings. The lowest BCUT2D eigenvalue weighted by Gasteiger charge is -2.22. The first-order valence-electron chi connectivity index (χ1n) is 10.4. The van der Waals surface area contributed by atoms with Crippen molar-refractivity contribution in [1.82, 2.24) is 14.6 Å². The number of rotatable bonds is 8. The third-order valence-corrected chi connectivity index (χ3v) is 5.51. The molecule has 1 aromatic heterocycles. The number of carbonyl (C=O) groups is 2. The van der Waals surface area contributed by atoms with Crippen molar-refractivity contribution in [2.24, 2.45) is 5.92 Å². The molecule has 0 aliphatic carbocycles. The highest BCUT2D eigenvalue weighted by atomic mass is 19.1. The molecule has 0 radical (unpaired) electrons. The Balaban J connectivity index is 1.43. The summed E-state index contributed by atoms with van der Waals surface area (Å²) in [4.78, 5) is 29.8. The molecular weight excluding hydrogens is 405 g/mol. The number of carbonyl (C=O) groups excluding carboxylic acids is 1. The van der Waals surface area contributed by atoms with Crippen LogP contribution in [0.1, 0.15) is 23.2 Å². The number of alkyl halides is 1. The standard InChI is InChI=1S/C21H26FN5O4/c22-4-7-26-12-16-10-18(2-1-14(16)9-15(20(26)30)11-19(28)29)31-8-3-17-13-27-21(25-17)23-5-6-24-27/h1-2,10,13,15,24H,3-9,11-12H2,(H,23,25)(H,28,29). The Morgan fingerprint density at radius 3 is 2.97 bits per heavy atom. The molecule has 0 spiro atoms. The maximum absolute atomic E-state index is 13.0. The summed E-state index contributed by atoms with van der Waals surface area (Å²) in [7, 11) is 0. The van der Waals surface area contributed by atoms with E-state index in [1.165, 1.54) is 4.90 Å². The number of fused-ring (bicyclic) bond motifs is 2. The number of hydrogen-bond acceptors (Lipinski definition) is 6. The van der Waals surface area contributed by atoms with E-state index in [9.17, 15) is 14.0 Å². The van der Waals surface area contributed by atoms with Gasteiger partial charge in [0.1, 0.15) is 12.4 Å². The normalized spacial score (nSPS) is 17.8. The summed E-state index contributed by atoms with van der Waals surface area (Å²) in [6.07, 6.45) is 2.62. The predicted molar refractivity (Wildman–Crippen MR) is 111 cm³/mol. The van der Waals surface area contributed by atoms with Crippen LogP contribution >= 0.6 is 0 Å². The van der Waals surface area contributed by atoms with Crippen LogP contribution < -0.4 is 15.5 Å². The minimum absolute atomic E-state index is 0.0491. The number of benzene rings is 1. The number of halogens is 1. The van der Waals surface area contributed by atoms with Gasteiger partial charge in [0.05, 0.1) is 30.8 Å². The molecule has 0 bridgehead atoms. The van der Waals surface area contributed by atoms with Crippen molar-refractivity contribution in [2.45, 2.75) is 25.8 Å². The second kappa shape index (κ2) is 9.23. The molecule has 10 heteroatoms. The van der Waals surface area contributed by atoms with Gasteiger partial charge >= 0.3 is 5.97 Å². The van der Waals surface area contributed by atoms with Crippen LogP contribution in [0.4, 0.5) is 10.3 Å². The first-order chi connectivity index (χ1) is 15.0. The number of imidazole rings is 1. The molecule has 1 aromatic carbocycles. The molecular formula is C21H26FN5O4. The largest absolute Gasteiger partial charge is 0.493 e. The quantitative estimate of drug-likeness (QED) is 0.580. The molecule has 166 valence electrons. The third kappa shape index (κ3) is 4.89. The van der Waals surface area contributed by atoms with E-state index in [1.54, 1.807) is 0 Å². The summed E-state index contributed by atoms with van der Waals surface area (Å²) in [5.74, 6) is -0.590. The van der Waals surface area contributed by atoms with Crippen molar-refractivity contribution in [2.75, 3.05) is 43.7 Å². The maximum atomic E-state index is 13.0. The average molecular weight is 431 g/mol. The monoisotopic (exact) mass is 431 g/mol. The number of carboxylic acid groups (broad SMARTS) is 1. The SMILES string of the molecule is O=C(O)CC1Cc2ccc(OCCc3cn4c(n3)NCCN4)cc2CN(CCF)C1=O. The smallest absolute Gasteiger partial charge is 0.304 e. The van der Waals surface area contributed by atoms with Crippen LogP contribution in [0.3, 0.4) is 0 Å². The van der Waals surface area contributed by atoms with Crippen LogP contribution in [0.15, 0.2) is 24.4 Å². The average Bonchev–Trinajstić information content (AvgIpc) is 3.11. The molecule has 3 N–H and O–H groups in total. The number of anilines is 1. The molecule has 1 atom stereocenters. The van der Waals surface area contributed by atoms with Crippen LogP contribution in [-0.4, -0.2) is 64.5 Å². The number of ether oxygens (including phenoxy) is 1. The molecule has 0 fully saturated rings. The van der Waals surface area contributed by atoms with Gasteiger partial charge in [0.15, 0.2) is 0 Å². The van der Waals surface area contributed by atoms with Crippen LogP contribution in [-0.2, 0) is 29.0 Å². The summed E-state index contributed by atoms with van der Waals surface area (Å²) >= 11 is 0. The van der Waals surface area contributed by atoms with Gasteiger partial charge in [-0.15, -0.1) is 0 Å². The van der Waals surface area contributed by atoms with Crippen LogP contribution in [0.5, 0.6) is 5.75 Å². The Labute approximate surface area is 179 Å². The van der Waals surface area contributed by atoms with Crippen molar-refractivity contribution in [1.29, 1.82) is 0 Å². The number of aliphatic carboxylic acids is 1. The topological polar surface area (TPSA) is 109 Å². The second-order valence-corrected chi connectivity index (χ2v) is 7.74. The molecule has 31 heavy (non-hydrogen) atoms. The predicted octanol–water partition coefficient (Wildman–Crippen LogP) is 1.42. The first kappa shape index (κ1) is 21.0. The minimum atomic E-state index is -1.03. The molecule has 2 aliphatic heterocycles. The van der Waals surface area contributed by atoms with E-state index >= 15 is 0 Å². The molecule has 2 aromatic rings. The summed E-state index contributed by atoms with van der Waals surface area (Å²) in [5, 5.41) is 12.4. The van der Waals surface area contributed by atoms with Crippen molar-refractivity contribution in [3.05, 3.63) is 41.2 Å². The van der Waals surface area contributed by atoms with Gasteiger partial charge in [-0.25, -0.2) is 14.1 Å². The fraction of sp³-hybridized carbons (Fsp3) is 0.476. The second-order valence-electron chi connectivity index (χ2n) is 7.74. The van der Waals surface area contributed by atoms with Gasteiger partial charge < -0.3 is 25.5 Å². The number of carboxylic acids is 1. The molecule has 0 saturated carbocycles. The Morgan fingerprint density at radius 2 is 2.19 bits per heavy atom. The maximum Gasteiger partial charge on any atom is 0.304 e. The summed E-state index contributed by atoms with van der Waals surface area (Å²) in [5.41, 5.74) is 5.88. The lowest BCUT2D eigenvalue weighted by Crippen LogP contribution is -2.36. The van der Waals surface area contributed by atoms with Gasteiger partial charge in [-0.05, 0) is 29.7 Å². The third-order valence-electron chi connectivity index (χ3n) is 5.51. The zero-order valence-corrected chi connectivity index (χ0v) is 17.1. The van der Waals surface area contributed by atoms with Gasteiger partial charge in [-0.2, -0.15) is 0 Å². The number of aromatic nitrogens is 2. The molecule has 1 unspecified atom stereocenters. The van der Waals surface area contributed by atoms with E-state index in [4.69, 9.17) is 9.84 Å². The van der Waals surface area contributed by atoms with Crippen molar-refractivity contribution in [3.63, 3.8) is 0 Å². The van der Waals surface area contributed by atoms with Crippen molar-refractivity contribution >= 4 is 17.8 Å². The number of amides is 1. The lowest BCUT2D eigenvalue weighted by molar-refractivity contribution is -0.144. The summed E-state index contributed by atoms with van der Waals surface area (Å²) in [6, 6.07) is 5.56. The number of hydrogen-bond donors (Lipinski definition) is 3. The van der Waals surface area contributed by atoms with Crippen LogP contribution in [0, 0.1) is 5.92 Å². The molecule has 9 nitrogen and oxygen atoms in total. The van der Waals surface area contributed by atoms with Gasteiger partial charge in [-0.3, -0.25) is 9.59 Å². The molecule has 0 saturated heterocycles. The first-order valence-corrected chi connectivity index (χ1v) is 10.4. The zero-order chi connectivity index (χ0) is 21.8. The highest BCUT2D eigenvalue weighted by molar-refractivity contribution is 5.84. The van der Waals surface area contributed by atoms with E-state index in [0.717, 1.165) is 35.9 Å². The lowest BCUT2D eigenvalue weighted by atomic mass is 9.94. The molecule has 1 amide bonds. The zero-order valence-electron chi connectivity index (χ0n) is 17.1. The van der Waals surface area contributed by atoms with Crippen LogP contribution in [0.2, 0.25) is 0 Å². The van der Waals surface area contributed by atoms with Crippen LogP contribution in [0.25, 0.3) is 0 Å². The van der Waals surface area contributed by atoms with E-state index < -0.39 is 18.6 Å². The number of nitrogens with zero attached hydrogens (tertiary/aromatic N) is 3. The summed E-state index contributed by atoms with van der Waals surface area (Å²) < 4.78 is 20.8. The highest BCUT2D eigenvalue weighted by Gasteiger charge is 2.31. The van der Waals surface area contributed by atoms with E-state index in [1.807, 2.05) is 29.1 Å². The fourth-order valence-corrected chi connectivity index (χ4v) is 4.01. The van der Waals surface area contributed by atoms with Crippen molar-refractivity contribution in [3.8, 4) is 5.75 Å². The Hall–Kier alpha value is -3.30. The fourth-order valence-electron chi connectivity index (χ4n) is 4.01. The summed E-state index contributed by atoms with van der Waals surface area (Å²) in [6.45, 7) is 1.63. The Morgan fingerprint density at radius 1 is 1.32 bits per heavy atom. The Bertz CT molecular complexity index is 940. The Kier molecular flexibility index (Phi) is 6.24. The van der Waals surface area contributed by atoms with Gasteiger partial charge in [0.25, 0.3) is 0 Å². The molecule has 3 heterocycles. The van der Waals surface area contributed by atoms with Gasteiger partial charge in [0.2, 0.25) is 11.9 Å². The van der Waals surface area contributed by atoms with E-state index in [0.29, 0.717) is 25.2 Å². The minimum Gasteiger partial charge on any atom is -0.493 e. The van der Waals surface area contributed by atoms with Gasteiger partial charge in [0, 0.05) is 32.6 Å². The highest BCUT2D eigenvalue weighted by Crippen LogP contribution is 2.28. The molecule has 4 rings (SSSR count). The van der Waals surface area contributed by atoms with E-state index in [-0.39, 0.29) is 25.4 Å². The number of nitrogens with one attached hydrogen (secondary N) is 2. The van der Waals surface area contributed by atoms with E-state index in [2.05, 4.69) is 15.7 Å².